The van der Waals surface area contributed by atoms with Crippen LogP contribution in [0.4, 0.5) is 0 Å². The van der Waals surface area contributed by atoms with E-state index in [4.69, 9.17) is 0 Å². The molecule has 1 fully saturated rings. The fourth-order valence-corrected chi connectivity index (χ4v) is 4.26. The number of unbranched alkanes of at least 4 members (excludes halogenated alkanes) is 1. The van der Waals surface area contributed by atoms with Crippen LogP contribution in [-0.4, -0.2) is 0 Å². The van der Waals surface area contributed by atoms with Crippen LogP contribution in [0.1, 0.15) is 81.5 Å². The second-order valence-electron chi connectivity index (χ2n) is 8.45. The molecule has 0 aromatic heterocycles. The minimum absolute atomic E-state index is 0.0226. The first-order valence-electron chi connectivity index (χ1n) is 10.4. The topological polar surface area (TPSA) is 23.8 Å². The van der Waals surface area contributed by atoms with Crippen molar-refractivity contribution in [3.05, 3.63) is 63.8 Å². The first-order chi connectivity index (χ1) is 12.8. The van der Waals surface area contributed by atoms with Gasteiger partial charge in [-0.05, 0) is 74.3 Å². The lowest BCUT2D eigenvalue weighted by molar-refractivity contribution is 0.422. The van der Waals surface area contributed by atoms with Gasteiger partial charge in [-0.25, -0.2) is 0 Å². The quantitative estimate of drug-likeness (QED) is 0.361. The first-order valence-corrected chi connectivity index (χ1v) is 10.4. The van der Waals surface area contributed by atoms with Gasteiger partial charge in [0.15, 0.2) is 0 Å². The highest BCUT2D eigenvalue weighted by Gasteiger charge is 2.34. The minimum Gasteiger partial charge on any atom is -0.193 e. The molecule has 1 aliphatic carbocycles. The Hall–Kier alpha value is -2.07. The van der Waals surface area contributed by atoms with Crippen LogP contribution in [0.3, 0.4) is 0 Å². The Morgan fingerprint density at radius 3 is 2.44 bits per heavy atom. The van der Waals surface area contributed by atoms with Crippen molar-refractivity contribution >= 4 is 6.08 Å². The normalized spacial score (nSPS) is 17.0. The third-order valence-electron chi connectivity index (χ3n) is 6.30. The Kier molecular flexibility index (Phi) is 7.25. The van der Waals surface area contributed by atoms with Crippen LogP contribution in [0.15, 0.2) is 41.5 Å². The van der Waals surface area contributed by atoms with E-state index in [2.05, 4.69) is 71.6 Å². The lowest BCUT2D eigenvalue weighted by atomic mass is 9.76. The van der Waals surface area contributed by atoms with Gasteiger partial charge in [0, 0.05) is 11.0 Å². The molecular formula is C26H35N. The average Bonchev–Trinajstić information content (AvgIpc) is 3.07. The van der Waals surface area contributed by atoms with Gasteiger partial charge in [-0.15, -0.1) is 0 Å². The van der Waals surface area contributed by atoms with Gasteiger partial charge in [0.05, 0.1) is 6.07 Å². The highest BCUT2D eigenvalue weighted by atomic mass is 14.4. The van der Waals surface area contributed by atoms with Gasteiger partial charge in [0.2, 0.25) is 0 Å². The van der Waals surface area contributed by atoms with Crippen LogP contribution >= 0.6 is 0 Å². The Bertz CT molecular complexity index is 792. The van der Waals surface area contributed by atoms with E-state index in [1.165, 1.54) is 41.5 Å². The fraction of sp³-hybridized carbons (Fsp3) is 0.500. The van der Waals surface area contributed by atoms with Crippen LogP contribution in [0.5, 0.6) is 0 Å². The molecule has 2 rings (SSSR count). The zero-order valence-electron chi connectivity index (χ0n) is 17.9. The van der Waals surface area contributed by atoms with Crippen LogP contribution in [0.25, 0.3) is 6.08 Å². The lowest BCUT2D eigenvalue weighted by Gasteiger charge is -2.26. The van der Waals surface area contributed by atoms with Gasteiger partial charge >= 0.3 is 0 Å². The van der Waals surface area contributed by atoms with Crippen molar-refractivity contribution in [3.8, 4) is 6.07 Å². The summed E-state index contributed by atoms with van der Waals surface area (Å²) in [5.74, 6) is 0. The highest BCUT2D eigenvalue weighted by molar-refractivity contribution is 5.58. The van der Waals surface area contributed by atoms with Crippen LogP contribution < -0.4 is 0 Å². The summed E-state index contributed by atoms with van der Waals surface area (Å²) in [7, 11) is 0. The average molecular weight is 362 g/mol. The highest BCUT2D eigenvalue weighted by Crippen LogP contribution is 2.46. The van der Waals surface area contributed by atoms with E-state index < -0.39 is 0 Å². The minimum atomic E-state index is 0.0226. The van der Waals surface area contributed by atoms with Crippen molar-refractivity contribution in [2.75, 3.05) is 0 Å². The van der Waals surface area contributed by atoms with E-state index in [1.807, 2.05) is 0 Å². The number of benzene rings is 1. The summed E-state index contributed by atoms with van der Waals surface area (Å²) in [4.78, 5) is 0. The zero-order chi connectivity index (χ0) is 20.0. The van der Waals surface area contributed by atoms with E-state index >= 15 is 0 Å². The molecule has 1 saturated carbocycles. The van der Waals surface area contributed by atoms with Crippen molar-refractivity contribution < 1.29 is 0 Å². The molecule has 0 aliphatic heterocycles. The largest absolute Gasteiger partial charge is 0.193 e. The molecule has 1 aromatic rings. The van der Waals surface area contributed by atoms with Gasteiger partial charge < -0.3 is 0 Å². The Balaban J connectivity index is 2.43. The molecule has 0 bridgehead atoms. The van der Waals surface area contributed by atoms with E-state index in [1.54, 1.807) is 0 Å². The monoisotopic (exact) mass is 361 g/mol. The third kappa shape index (κ3) is 4.81. The molecular weight excluding hydrogens is 326 g/mol. The molecule has 0 amide bonds. The molecule has 0 spiro atoms. The van der Waals surface area contributed by atoms with E-state index in [-0.39, 0.29) is 5.41 Å². The van der Waals surface area contributed by atoms with Crippen LogP contribution in [-0.2, 0) is 6.42 Å². The Morgan fingerprint density at radius 2 is 1.89 bits per heavy atom. The second-order valence-corrected chi connectivity index (χ2v) is 8.45. The molecule has 0 N–H and O–H groups in total. The number of hydrogen-bond donors (Lipinski definition) is 0. The molecule has 0 unspecified atom stereocenters. The number of nitrogens with zero attached hydrogens (tertiary/aromatic N) is 1. The summed E-state index contributed by atoms with van der Waals surface area (Å²) < 4.78 is 0. The van der Waals surface area contributed by atoms with Crippen molar-refractivity contribution in [2.24, 2.45) is 5.41 Å². The van der Waals surface area contributed by atoms with Crippen molar-refractivity contribution in [2.45, 2.75) is 79.6 Å². The fourth-order valence-electron chi connectivity index (χ4n) is 4.26. The molecule has 1 heteroatoms. The van der Waals surface area contributed by atoms with Crippen molar-refractivity contribution in [3.63, 3.8) is 0 Å². The maximum atomic E-state index is 9.98. The summed E-state index contributed by atoms with van der Waals surface area (Å²) in [5, 5.41) is 9.98. The summed E-state index contributed by atoms with van der Waals surface area (Å²) >= 11 is 0. The molecule has 0 saturated heterocycles. The van der Waals surface area contributed by atoms with Crippen molar-refractivity contribution in [1.82, 2.24) is 0 Å². The molecule has 1 aromatic carbocycles. The van der Waals surface area contributed by atoms with Gasteiger partial charge in [-0.3, -0.25) is 0 Å². The predicted molar refractivity (Wildman–Crippen MR) is 118 cm³/mol. The van der Waals surface area contributed by atoms with Gasteiger partial charge in [0.25, 0.3) is 0 Å². The van der Waals surface area contributed by atoms with Gasteiger partial charge in [-0.1, -0.05) is 69.5 Å². The Morgan fingerprint density at radius 1 is 1.22 bits per heavy atom. The number of nitriles is 1. The van der Waals surface area contributed by atoms with Crippen molar-refractivity contribution in [1.29, 1.82) is 5.26 Å². The predicted octanol–water partition coefficient (Wildman–Crippen LogP) is 7.64. The standard InChI is InChI=1S/C26H35N/c1-7-8-9-12-22-13-14-23(21(5)20(22)4)17-24(19(2)3)25(18-27)26(6)15-10-11-16-26/h9,12-14H,2,7-8,10-11,15-17H2,1,3-6H3/b12-9-,25-24+. The molecule has 1 nitrogen and oxygen atoms in total. The van der Waals surface area contributed by atoms with Crippen LogP contribution in [0.2, 0.25) is 0 Å². The van der Waals surface area contributed by atoms with E-state index in [0.717, 1.165) is 42.4 Å². The maximum Gasteiger partial charge on any atom is 0.0956 e. The number of rotatable bonds is 7. The number of allylic oxidation sites excluding steroid dienone is 4. The molecule has 0 atom stereocenters. The summed E-state index contributed by atoms with van der Waals surface area (Å²) in [6, 6.07) is 7.04. The first kappa shape index (κ1) is 21.2. The maximum absolute atomic E-state index is 9.98. The molecule has 0 heterocycles. The summed E-state index contributed by atoms with van der Waals surface area (Å²) in [6.45, 7) is 15.2. The summed E-state index contributed by atoms with van der Waals surface area (Å²) in [5.41, 5.74) is 8.46. The van der Waals surface area contributed by atoms with E-state index in [9.17, 15) is 5.26 Å². The SMILES string of the molecule is C=C(C)/C(Cc1ccc(/C=C\CCC)c(C)c1C)=C(\C#N)C1(C)CCCC1. The van der Waals surface area contributed by atoms with E-state index in [0.29, 0.717) is 0 Å². The Labute approximate surface area is 166 Å². The molecule has 144 valence electrons. The smallest absolute Gasteiger partial charge is 0.0956 e. The second kappa shape index (κ2) is 9.23. The lowest BCUT2D eigenvalue weighted by Crippen LogP contribution is -2.17. The third-order valence-corrected chi connectivity index (χ3v) is 6.30. The molecule has 1 aliphatic rings. The van der Waals surface area contributed by atoms with Gasteiger partial charge in [-0.2, -0.15) is 5.26 Å². The van der Waals surface area contributed by atoms with Gasteiger partial charge in [0.1, 0.15) is 0 Å². The molecule has 27 heavy (non-hydrogen) atoms. The molecule has 0 radical (unpaired) electrons. The van der Waals surface area contributed by atoms with Crippen LogP contribution in [0, 0.1) is 30.6 Å². The summed E-state index contributed by atoms with van der Waals surface area (Å²) in [6.07, 6.45) is 12.3. The zero-order valence-corrected chi connectivity index (χ0v) is 17.9. The number of hydrogen-bond acceptors (Lipinski definition) is 1.